The second kappa shape index (κ2) is 6.38. The van der Waals surface area contributed by atoms with Gasteiger partial charge in [0.1, 0.15) is 6.04 Å². The van der Waals surface area contributed by atoms with Crippen molar-refractivity contribution >= 4 is 23.6 Å². The van der Waals surface area contributed by atoms with E-state index in [1.54, 1.807) is 24.3 Å². The molecule has 6 nitrogen and oxygen atoms in total. The Morgan fingerprint density at radius 1 is 1.55 bits per heavy atom. The minimum absolute atomic E-state index is 0.0841. The van der Waals surface area contributed by atoms with Crippen molar-refractivity contribution in [2.45, 2.75) is 25.8 Å². The summed E-state index contributed by atoms with van der Waals surface area (Å²) in [5.74, 6) is -0.593. The van der Waals surface area contributed by atoms with Gasteiger partial charge in [0.05, 0.1) is 0 Å². The first-order valence-electron chi connectivity index (χ1n) is 6.19. The average molecular weight is 296 g/mol. The van der Waals surface area contributed by atoms with Gasteiger partial charge >= 0.3 is 12.0 Å². The third-order valence-electron chi connectivity index (χ3n) is 2.68. The first-order valence-corrected chi connectivity index (χ1v) is 6.57. The molecule has 0 fully saturated rings. The molecule has 0 aliphatic rings. The molecule has 7 heteroatoms. The van der Waals surface area contributed by atoms with Crippen molar-refractivity contribution in [2.24, 2.45) is 0 Å². The Hall–Kier alpha value is -2.08. The predicted octanol–water partition coefficient (Wildman–Crippen LogP) is 3.06. The topological polar surface area (TPSA) is 88.3 Å². The van der Waals surface area contributed by atoms with Crippen LogP contribution in [0.3, 0.4) is 0 Å². The normalized spacial score (nSPS) is 12.1. The van der Waals surface area contributed by atoms with Gasteiger partial charge < -0.3 is 14.9 Å². The summed E-state index contributed by atoms with van der Waals surface area (Å²) in [4.78, 5) is 15.2. The van der Waals surface area contributed by atoms with E-state index in [0.717, 1.165) is 6.42 Å². The Bertz CT molecular complexity index is 600. The fourth-order valence-electron chi connectivity index (χ4n) is 1.72. The highest BCUT2D eigenvalue weighted by Gasteiger charge is 2.19. The van der Waals surface area contributed by atoms with E-state index in [2.05, 4.69) is 15.5 Å². The number of aromatic nitrogens is 2. The standard InChI is InChI=1S/C13H14ClN3O3/c1-2-4-10(12(18)19)15-13-16-11(17-20-13)8-5-3-6-9(14)7-8/h3,5-7,10H,2,4H2,1H3,(H,18,19)(H,15,16,17). The number of halogens is 1. The highest BCUT2D eigenvalue weighted by Crippen LogP contribution is 2.21. The molecule has 0 aliphatic carbocycles. The van der Waals surface area contributed by atoms with E-state index in [4.69, 9.17) is 21.2 Å². The van der Waals surface area contributed by atoms with E-state index in [0.29, 0.717) is 22.8 Å². The number of aliphatic carboxylic acids is 1. The molecule has 1 heterocycles. The summed E-state index contributed by atoms with van der Waals surface area (Å²) in [7, 11) is 0. The monoisotopic (exact) mass is 295 g/mol. The van der Waals surface area contributed by atoms with Gasteiger partial charge in [0, 0.05) is 10.6 Å². The first-order chi connectivity index (χ1) is 9.60. The van der Waals surface area contributed by atoms with Gasteiger partial charge in [-0.2, -0.15) is 4.98 Å². The van der Waals surface area contributed by atoms with Crippen molar-refractivity contribution in [2.75, 3.05) is 5.32 Å². The lowest BCUT2D eigenvalue weighted by Crippen LogP contribution is -2.29. The summed E-state index contributed by atoms with van der Waals surface area (Å²) in [6.45, 7) is 1.91. The van der Waals surface area contributed by atoms with Gasteiger partial charge in [-0.15, -0.1) is 0 Å². The van der Waals surface area contributed by atoms with Crippen LogP contribution in [0.15, 0.2) is 28.8 Å². The fraction of sp³-hybridized carbons (Fsp3) is 0.308. The molecule has 0 aliphatic heterocycles. The van der Waals surface area contributed by atoms with E-state index >= 15 is 0 Å². The van der Waals surface area contributed by atoms with Crippen molar-refractivity contribution in [1.82, 2.24) is 10.1 Å². The van der Waals surface area contributed by atoms with Gasteiger partial charge in [-0.1, -0.05) is 42.2 Å². The third-order valence-corrected chi connectivity index (χ3v) is 2.92. The molecule has 1 unspecified atom stereocenters. The number of anilines is 1. The summed E-state index contributed by atoms with van der Waals surface area (Å²) in [5, 5.41) is 16.1. The maximum atomic E-state index is 11.0. The van der Waals surface area contributed by atoms with Crippen molar-refractivity contribution in [3.8, 4) is 11.4 Å². The molecular formula is C13H14ClN3O3. The molecule has 2 rings (SSSR count). The molecule has 20 heavy (non-hydrogen) atoms. The molecular weight excluding hydrogens is 282 g/mol. The lowest BCUT2D eigenvalue weighted by atomic mass is 10.2. The van der Waals surface area contributed by atoms with Crippen LogP contribution >= 0.6 is 11.6 Å². The molecule has 1 atom stereocenters. The zero-order chi connectivity index (χ0) is 14.5. The maximum absolute atomic E-state index is 11.0. The van der Waals surface area contributed by atoms with Gasteiger partial charge in [0.2, 0.25) is 5.82 Å². The van der Waals surface area contributed by atoms with Crippen LogP contribution in [0.2, 0.25) is 5.02 Å². The number of carboxylic acid groups (broad SMARTS) is 1. The van der Waals surface area contributed by atoms with Crippen LogP contribution in [0.25, 0.3) is 11.4 Å². The summed E-state index contributed by atoms with van der Waals surface area (Å²) in [6, 6.07) is 6.36. The Morgan fingerprint density at radius 2 is 2.35 bits per heavy atom. The third kappa shape index (κ3) is 3.48. The molecule has 2 aromatic rings. The van der Waals surface area contributed by atoms with Crippen LogP contribution in [-0.4, -0.2) is 27.3 Å². The van der Waals surface area contributed by atoms with Crippen molar-refractivity contribution in [3.05, 3.63) is 29.3 Å². The summed E-state index contributed by atoms with van der Waals surface area (Å²) in [6.07, 6.45) is 1.21. The van der Waals surface area contributed by atoms with Crippen LogP contribution in [-0.2, 0) is 4.79 Å². The summed E-state index contributed by atoms with van der Waals surface area (Å²) >= 11 is 5.89. The molecule has 106 valence electrons. The first kappa shape index (κ1) is 14.3. The number of rotatable bonds is 6. The van der Waals surface area contributed by atoms with Crippen molar-refractivity contribution < 1.29 is 14.4 Å². The number of nitrogens with zero attached hydrogens (tertiary/aromatic N) is 2. The highest BCUT2D eigenvalue weighted by molar-refractivity contribution is 6.30. The number of hydrogen-bond acceptors (Lipinski definition) is 5. The van der Waals surface area contributed by atoms with Gasteiger partial charge in [-0.05, 0) is 18.6 Å². The molecule has 0 radical (unpaired) electrons. The summed E-state index contributed by atoms with van der Waals surface area (Å²) in [5.41, 5.74) is 0.705. The van der Waals surface area contributed by atoms with E-state index in [-0.39, 0.29) is 6.01 Å². The van der Waals surface area contributed by atoms with Gasteiger partial charge in [0.25, 0.3) is 0 Å². The Labute approximate surface area is 120 Å². The van der Waals surface area contributed by atoms with Crippen molar-refractivity contribution in [3.63, 3.8) is 0 Å². The number of hydrogen-bond donors (Lipinski definition) is 2. The van der Waals surface area contributed by atoms with Gasteiger partial charge in [-0.25, -0.2) is 4.79 Å². The Balaban J connectivity index is 2.14. The number of nitrogens with one attached hydrogen (secondary N) is 1. The lowest BCUT2D eigenvalue weighted by Gasteiger charge is -2.10. The Morgan fingerprint density at radius 3 is 3.00 bits per heavy atom. The molecule has 1 aromatic heterocycles. The molecule has 0 bridgehead atoms. The SMILES string of the molecule is CCCC(Nc1nc(-c2cccc(Cl)c2)no1)C(=O)O. The molecule has 0 saturated heterocycles. The van der Waals surface area contributed by atoms with Gasteiger partial charge in [0.15, 0.2) is 0 Å². The van der Waals surface area contributed by atoms with E-state index in [1.165, 1.54) is 0 Å². The predicted molar refractivity (Wildman–Crippen MR) is 74.7 cm³/mol. The smallest absolute Gasteiger partial charge is 0.326 e. The number of carbonyl (C=O) groups is 1. The van der Waals surface area contributed by atoms with Crippen LogP contribution in [0.1, 0.15) is 19.8 Å². The second-order valence-corrected chi connectivity index (χ2v) is 4.69. The van der Waals surface area contributed by atoms with Crippen LogP contribution in [0.5, 0.6) is 0 Å². The molecule has 1 aromatic carbocycles. The minimum atomic E-state index is -0.950. The van der Waals surface area contributed by atoms with Crippen LogP contribution in [0, 0.1) is 0 Å². The van der Waals surface area contributed by atoms with E-state index in [9.17, 15) is 4.79 Å². The molecule has 0 amide bonds. The highest BCUT2D eigenvalue weighted by atomic mass is 35.5. The lowest BCUT2D eigenvalue weighted by molar-refractivity contribution is -0.138. The van der Waals surface area contributed by atoms with Crippen LogP contribution < -0.4 is 5.32 Å². The average Bonchev–Trinajstić information content (AvgIpc) is 2.87. The van der Waals surface area contributed by atoms with E-state index in [1.807, 2.05) is 6.92 Å². The minimum Gasteiger partial charge on any atom is -0.480 e. The number of benzene rings is 1. The molecule has 0 spiro atoms. The van der Waals surface area contributed by atoms with Crippen molar-refractivity contribution in [1.29, 1.82) is 0 Å². The summed E-state index contributed by atoms with van der Waals surface area (Å²) < 4.78 is 5.01. The molecule has 2 N–H and O–H groups in total. The number of carboxylic acids is 1. The Kier molecular flexibility index (Phi) is 4.57. The second-order valence-electron chi connectivity index (χ2n) is 4.26. The fourth-order valence-corrected chi connectivity index (χ4v) is 1.91. The van der Waals surface area contributed by atoms with E-state index < -0.39 is 12.0 Å². The zero-order valence-electron chi connectivity index (χ0n) is 10.8. The quantitative estimate of drug-likeness (QED) is 0.851. The van der Waals surface area contributed by atoms with Crippen LogP contribution in [0.4, 0.5) is 6.01 Å². The zero-order valence-corrected chi connectivity index (χ0v) is 11.6. The van der Waals surface area contributed by atoms with Gasteiger partial charge in [-0.3, -0.25) is 0 Å². The largest absolute Gasteiger partial charge is 0.480 e. The maximum Gasteiger partial charge on any atom is 0.326 e. The molecule has 0 saturated carbocycles.